The summed E-state index contributed by atoms with van der Waals surface area (Å²) in [5, 5.41) is 11.9. The number of hydrogen-bond acceptors (Lipinski definition) is 3. The topological polar surface area (TPSA) is 45.0 Å². The van der Waals surface area contributed by atoms with Crippen LogP contribution in [-0.4, -0.2) is 25.8 Å². The Morgan fingerprint density at radius 2 is 2.00 bits per heavy atom. The third-order valence-electron chi connectivity index (χ3n) is 2.15. The van der Waals surface area contributed by atoms with Gasteiger partial charge in [-0.3, -0.25) is 0 Å². The van der Waals surface area contributed by atoms with Crippen molar-refractivity contribution in [1.29, 1.82) is 5.26 Å². The molecule has 0 fully saturated rings. The van der Waals surface area contributed by atoms with E-state index in [4.69, 9.17) is 10.00 Å². The molecular formula is C12H24N2O. The van der Waals surface area contributed by atoms with E-state index in [-0.39, 0.29) is 6.04 Å². The lowest BCUT2D eigenvalue weighted by atomic mass is 9.93. The van der Waals surface area contributed by atoms with Crippen LogP contribution < -0.4 is 5.32 Å². The van der Waals surface area contributed by atoms with Gasteiger partial charge in [0.25, 0.3) is 0 Å². The average Bonchev–Trinajstić information content (AvgIpc) is 2.14. The van der Waals surface area contributed by atoms with E-state index in [1.807, 2.05) is 6.92 Å². The molecule has 0 saturated heterocycles. The molecule has 3 heteroatoms. The predicted octanol–water partition coefficient (Wildman–Crippen LogP) is 2.33. The molecule has 0 bridgehead atoms. The van der Waals surface area contributed by atoms with Gasteiger partial charge >= 0.3 is 0 Å². The molecule has 0 aliphatic heterocycles. The SMILES string of the molecule is CCNC(C#N)CCOCCC(C)(C)C. The highest BCUT2D eigenvalue weighted by atomic mass is 16.5. The van der Waals surface area contributed by atoms with Gasteiger partial charge in [-0.15, -0.1) is 0 Å². The highest BCUT2D eigenvalue weighted by molar-refractivity contribution is 4.88. The fraction of sp³-hybridized carbons (Fsp3) is 0.917. The summed E-state index contributed by atoms with van der Waals surface area (Å²) in [4.78, 5) is 0. The monoisotopic (exact) mass is 212 g/mol. The Balaban J connectivity index is 3.42. The van der Waals surface area contributed by atoms with E-state index in [2.05, 4.69) is 32.2 Å². The van der Waals surface area contributed by atoms with E-state index in [1.165, 1.54) is 0 Å². The van der Waals surface area contributed by atoms with Crippen molar-refractivity contribution in [2.45, 2.75) is 46.6 Å². The first kappa shape index (κ1) is 14.4. The number of nitrogens with one attached hydrogen (secondary N) is 1. The summed E-state index contributed by atoms with van der Waals surface area (Å²) in [5.74, 6) is 0. The van der Waals surface area contributed by atoms with Gasteiger partial charge in [0.2, 0.25) is 0 Å². The van der Waals surface area contributed by atoms with Crippen LogP contribution in [0.5, 0.6) is 0 Å². The maximum absolute atomic E-state index is 8.77. The normalized spacial score (nSPS) is 13.5. The van der Waals surface area contributed by atoms with Crippen molar-refractivity contribution in [2.24, 2.45) is 5.41 Å². The van der Waals surface area contributed by atoms with Crippen molar-refractivity contribution < 1.29 is 4.74 Å². The zero-order valence-corrected chi connectivity index (χ0v) is 10.5. The Labute approximate surface area is 93.8 Å². The largest absolute Gasteiger partial charge is 0.381 e. The summed E-state index contributed by atoms with van der Waals surface area (Å²) in [5.41, 5.74) is 0.330. The Hall–Kier alpha value is -0.590. The molecule has 0 aliphatic carbocycles. The maximum Gasteiger partial charge on any atom is 0.0974 e. The van der Waals surface area contributed by atoms with Crippen LogP contribution in [0.3, 0.4) is 0 Å². The van der Waals surface area contributed by atoms with E-state index in [0.29, 0.717) is 12.0 Å². The first-order valence-electron chi connectivity index (χ1n) is 5.70. The van der Waals surface area contributed by atoms with Crippen LogP contribution in [0.2, 0.25) is 0 Å². The minimum absolute atomic E-state index is 0.0652. The van der Waals surface area contributed by atoms with Gasteiger partial charge in [-0.25, -0.2) is 0 Å². The molecule has 0 saturated carbocycles. The second-order valence-electron chi connectivity index (χ2n) is 4.95. The average molecular weight is 212 g/mol. The molecule has 0 aromatic heterocycles. The van der Waals surface area contributed by atoms with Crippen LogP contribution in [0.15, 0.2) is 0 Å². The maximum atomic E-state index is 8.77. The Kier molecular flexibility index (Phi) is 7.37. The third kappa shape index (κ3) is 9.71. The zero-order valence-electron chi connectivity index (χ0n) is 10.5. The fourth-order valence-electron chi connectivity index (χ4n) is 1.14. The molecule has 0 aliphatic rings. The quantitative estimate of drug-likeness (QED) is 0.659. The van der Waals surface area contributed by atoms with Crippen LogP contribution >= 0.6 is 0 Å². The van der Waals surface area contributed by atoms with Gasteiger partial charge in [0, 0.05) is 13.2 Å². The van der Waals surface area contributed by atoms with Gasteiger partial charge in [0.05, 0.1) is 12.1 Å². The predicted molar refractivity (Wildman–Crippen MR) is 62.6 cm³/mol. The molecule has 1 atom stereocenters. The van der Waals surface area contributed by atoms with E-state index in [9.17, 15) is 0 Å². The Morgan fingerprint density at radius 3 is 2.47 bits per heavy atom. The fourth-order valence-corrected chi connectivity index (χ4v) is 1.14. The molecule has 1 N–H and O–H groups in total. The molecule has 1 unspecified atom stereocenters. The Bertz CT molecular complexity index is 191. The van der Waals surface area contributed by atoms with Crippen molar-refractivity contribution in [3.63, 3.8) is 0 Å². The van der Waals surface area contributed by atoms with Gasteiger partial charge in [0.15, 0.2) is 0 Å². The van der Waals surface area contributed by atoms with E-state index < -0.39 is 0 Å². The molecule has 0 radical (unpaired) electrons. The zero-order chi connectivity index (χ0) is 11.7. The van der Waals surface area contributed by atoms with Gasteiger partial charge < -0.3 is 10.1 Å². The van der Waals surface area contributed by atoms with E-state index in [1.54, 1.807) is 0 Å². The summed E-state index contributed by atoms with van der Waals surface area (Å²) in [6.07, 6.45) is 1.83. The summed E-state index contributed by atoms with van der Waals surface area (Å²) in [6, 6.07) is 2.15. The first-order chi connectivity index (χ1) is 6.99. The summed E-state index contributed by atoms with van der Waals surface area (Å²) >= 11 is 0. The number of hydrogen-bond donors (Lipinski definition) is 1. The molecule has 3 nitrogen and oxygen atoms in total. The van der Waals surface area contributed by atoms with Gasteiger partial charge in [-0.2, -0.15) is 5.26 Å². The smallest absolute Gasteiger partial charge is 0.0974 e. The lowest BCUT2D eigenvalue weighted by molar-refractivity contribution is 0.103. The van der Waals surface area contributed by atoms with E-state index in [0.717, 1.165) is 26.0 Å². The van der Waals surface area contributed by atoms with Crippen LogP contribution in [0.4, 0.5) is 0 Å². The first-order valence-corrected chi connectivity index (χ1v) is 5.70. The lowest BCUT2D eigenvalue weighted by Gasteiger charge is -2.18. The minimum atomic E-state index is -0.0652. The molecule has 88 valence electrons. The molecule has 0 spiro atoms. The van der Waals surface area contributed by atoms with Crippen molar-refractivity contribution in [3.8, 4) is 6.07 Å². The molecule has 0 rings (SSSR count). The molecule has 0 amide bonds. The summed E-state index contributed by atoms with van der Waals surface area (Å²) in [7, 11) is 0. The summed E-state index contributed by atoms with van der Waals surface area (Å²) < 4.78 is 5.50. The number of rotatable bonds is 7. The molecule has 0 aromatic carbocycles. The van der Waals surface area contributed by atoms with Crippen LogP contribution in [0, 0.1) is 16.7 Å². The highest BCUT2D eigenvalue weighted by Crippen LogP contribution is 2.17. The number of nitrogens with zero attached hydrogens (tertiary/aromatic N) is 1. The second kappa shape index (κ2) is 7.67. The van der Waals surface area contributed by atoms with Gasteiger partial charge in [-0.05, 0) is 24.8 Å². The van der Waals surface area contributed by atoms with Crippen LogP contribution in [0.1, 0.15) is 40.5 Å². The van der Waals surface area contributed by atoms with Crippen LogP contribution in [-0.2, 0) is 4.74 Å². The van der Waals surface area contributed by atoms with Crippen molar-refractivity contribution in [3.05, 3.63) is 0 Å². The van der Waals surface area contributed by atoms with Crippen molar-refractivity contribution >= 4 is 0 Å². The van der Waals surface area contributed by atoms with Crippen LogP contribution in [0.25, 0.3) is 0 Å². The summed E-state index contributed by atoms with van der Waals surface area (Å²) in [6.45, 7) is 10.9. The van der Waals surface area contributed by atoms with Crippen molar-refractivity contribution in [1.82, 2.24) is 5.32 Å². The van der Waals surface area contributed by atoms with Gasteiger partial charge in [0.1, 0.15) is 0 Å². The number of nitriles is 1. The molecule has 0 heterocycles. The molecular weight excluding hydrogens is 188 g/mol. The molecule has 0 aromatic rings. The third-order valence-corrected chi connectivity index (χ3v) is 2.15. The number of ether oxygens (including phenoxy) is 1. The second-order valence-corrected chi connectivity index (χ2v) is 4.95. The standard InChI is InChI=1S/C12H24N2O/c1-5-14-11(10-13)6-8-15-9-7-12(2,3)4/h11,14H,5-9H2,1-4H3. The highest BCUT2D eigenvalue weighted by Gasteiger charge is 2.10. The van der Waals surface area contributed by atoms with Crippen molar-refractivity contribution in [2.75, 3.05) is 19.8 Å². The molecule has 15 heavy (non-hydrogen) atoms. The minimum Gasteiger partial charge on any atom is -0.381 e. The van der Waals surface area contributed by atoms with E-state index >= 15 is 0 Å². The lowest BCUT2D eigenvalue weighted by Crippen LogP contribution is -2.28. The Morgan fingerprint density at radius 1 is 1.33 bits per heavy atom. The van der Waals surface area contributed by atoms with Gasteiger partial charge in [-0.1, -0.05) is 27.7 Å².